The molecule has 0 radical (unpaired) electrons. The van der Waals surface area contributed by atoms with Gasteiger partial charge >= 0.3 is 0 Å². The first kappa shape index (κ1) is 14.6. The molecule has 3 heteroatoms. The van der Waals surface area contributed by atoms with Gasteiger partial charge in [-0.25, -0.2) is 0 Å². The minimum Gasteiger partial charge on any atom is -0.322 e. The van der Waals surface area contributed by atoms with Gasteiger partial charge in [-0.1, -0.05) is 29.8 Å². The second-order valence-corrected chi connectivity index (χ2v) is 5.19. The number of hydrogen-bond donors (Lipinski definition) is 1. The Morgan fingerprint density at radius 3 is 2.70 bits per heavy atom. The number of carbonyl (C=O) groups excluding carboxylic acids is 1. The molecule has 2 rings (SSSR count). The zero-order valence-corrected chi connectivity index (χ0v) is 12.3. The van der Waals surface area contributed by atoms with Crippen LogP contribution in [0.25, 0.3) is 0 Å². The lowest BCUT2D eigenvalue weighted by Gasteiger charge is -2.08. The molecule has 1 amide bonds. The van der Waals surface area contributed by atoms with Crippen LogP contribution in [0.5, 0.6) is 0 Å². The Hall–Kier alpha value is -1.80. The highest BCUT2D eigenvalue weighted by molar-refractivity contribution is 6.17. The number of carbonyl (C=O) groups is 1. The summed E-state index contributed by atoms with van der Waals surface area (Å²) < 4.78 is 0. The molecule has 2 aromatic carbocycles. The first-order chi connectivity index (χ1) is 9.69. The summed E-state index contributed by atoms with van der Waals surface area (Å²) in [5.74, 6) is 0.572. The Balaban J connectivity index is 2.07. The molecule has 0 bridgehead atoms. The SMILES string of the molecule is Cc1cccc(C(=O)Nc2cccc(CCCCl)c2)c1. The van der Waals surface area contributed by atoms with E-state index in [-0.39, 0.29) is 5.91 Å². The van der Waals surface area contributed by atoms with Crippen molar-refractivity contribution in [2.75, 3.05) is 11.2 Å². The Kier molecular flexibility index (Phi) is 5.19. The minimum absolute atomic E-state index is 0.0804. The molecule has 0 unspecified atom stereocenters. The van der Waals surface area contributed by atoms with Crippen molar-refractivity contribution in [2.24, 2.45) is 0 Å². The molecule has 0 heterocycles. The largest absolute Gasteiger partial charge is 0.322 e. The van der Waals surface area contributed by atoms with Gasteiger partial charge in [0, 0.05) is 17.1 Å². The van der Waals surface area contributed by atoms with Gasteiger partial charge in [0.25, 0.3) is 5.91 Å². The summed E-state index contributed by atoms with van der Waals surface area (Å²) in [6, 6.07) is 15.5. The van der Waals surface area contributed by atoms with E-state index in [2.05, 4.69) is 11.4 Å². The molecule has 20 heavy (non-hydrogen) atoms. The van der Waals surface area contributed by atoms with Crippen LogP contribution in [0, 0.1) is 6.92 Å². The van der Waals surface area contributed by atoms with Gasteiger partial charge < -0.3 is 5.32 Å². The zero-order chi connectivity index (χ0) is 14.4. The molecule has 0 spiro atoms. The molecular formula is C17H18ClNO. The third kappa shape index (κ3) is 4.10. The number of aryl methyl sites for hydroxylation is 2. The van der Waals surface area contributed by atoms with Crippen molar-refractivity contribution in [3.05, 3.63) is 65.2 Å². The summed E-state index contributed by atoms with van der Waals surface area (Å²) in [5.41, 5.74) is 3.76. The second kappa shape index (κ2) is 7.11. The predicted molar refractivity (Wildman–Crippen MR) is 84.6 cm³/mol. The van der Waals surface area contributed by atoms with Crippen molar-refractivity contribution in [1.82, 2.24) is 0 Å². The summed E-state index contributed by atoms with van der Waals surface area (Å²) in [6.45, 7) is 1.98. The van der Waals surface area contributed by atoms with Crippen molar-refractivity contribution in [3.8, 4) is 0 Å². The average molecular weight is 288 g/mol. The van der Waals surface area contributed by atoms with Gasteiger partial charge in [-0.2, -0.15) is 0 Å². The molecule has 0 fully saturated rings. The van der Waals surface area contributed by atoms with E-state index in [1.165, 1.54) is 5.56 Å². The van der Waals surface area contributed by atoms with Crippen LogP contribution in [0.15, 0.2) is 48.5 Å². The van der Waals surface area contributed by atoms with Gasteiger partial charge in [0.05, 0.1) is 0 Å². The highest BCUT2D eigenvalue weighted by Crippen LogP contribution is 2.14. The van der Waals surface area contributed by atoms with Crippen molar-refractivity contribution < 1.29 is 4.79 Å². The van der Waals surface area contributed by atoms with Crippen LogP contribution in [-0.2, 0) is 6.42 Å². The molecule has 0 aliphatic carbocycles. The number of benzene rings is 2. The molecule has 0 aromatic heterocycles. The lowest BCUT2D eigenvalue weighted by molar-refractivity contribution is 0.102. The number of hydrogen-bond acceptors (Lipinski definition) is 1. The van der Waals surface area contributed by atoms with Crippen LogP contribution >= 0.6 is 11.6 Å². The zero-order valence-electron chi connectivity index (χ0n) is 11.5. The number of nitrogens with one attached hydrogen (secondary N) is 1. The smallest absolute Gasteiger partial charge is 0.255 e. The summed E-state index contributed by atoms with van der Waals surface area (Å²) in [6.07, 6.45) is 1.87. The first-order valence-electron chi connectivity index (χ1n) is 6.72. The molecule has 0 aliphatic heterocycles. The van der Waals surface area contributed by atoms with Crippen LogP contribution in [0.1, 0.15) is 27.9 Å². The van der Waals surface area contributed by atoms with Crippen molar-refractivity contribution >= 4 is 23.2 Å². The molecule has 0 atom stereocenters. The summed E-state index contributed by atoms with van der Waals surface area (Å²) in [5, 5.41) is 2.93. The highest BCUT2D eigenvalue weighted by Gasteiger charge is 2.06. The number of amides is 1. The van der Waals surface area contributed by atoms with E-state index >= 15 is 0 Å². The molecule has 1 N–H and O–H groups in total. The maximum absolute atomic E-state index is 12.2. The third-order valence-corrected chi connectivity index (χ3v) is 3.33. The first-order valence-corrected chi connectivity index (χ1v) is 7.25. The minimum atomic E-state index is -0.0804. The molecule has 0 aliphatic rings. The van der Waals surface area contributed by atoms with Gasteiger partial charge in [0.1, 0.15) is 0 Å². The van der Waals surface area contributed by atoms with Crippen molar-refractivity contribution in [3.63, 3.8) is 0 Å². The van der Waals surface area contributed by atoms with Crippen molar-refractivity contribution in [2.45, 2.75) is 19.8 Å². The number of alkyl halides is 1. The maximum atomic E-state index is 12.2. The van der Waals surface area contributed by atoms with E-state index in [0.717, 1.165) is 24.1 Å². The number of rotatable bonds is 5. The monoisotopic (exact) mass is 287 g/mol. The fourth-order valence-electron chi connectivity index (χ4n) is 2.07. The van der Waals surface area contributed by atoms with Crippen LogP contribution in [0.2, 0.25) is 0 Å². The van der Waals surface area contributed by atoms with Crippen molar-refractivity contribution in [1.29, 1.82) is 0 Å². The standard InChI is InChI=1S/C17H18ClNO/c1-13-5-2-8-15(11-13)17(20)19-16-9-3-6-14(12-16)7-4-10-18/h2-3,5-6,8-9,11-12H,4,7,10H2,1H3,(H,19,20). The van der Waals surface area contributed by atoms with Gasteiger partial charge in [-0.3, -0.25) is 4.79 Å². The van der Waals surface area contributed by atoms with Crippen LogP contribution < -0.4 is 5.32 Å². The molecule has 2 aromatic rings. The fraction of sp³-hybridized carbons (Fsp3) is 0.235. The number of anilines is 1. The van der Waals surface area contributed by atoms with Crippen LogP contribution in [-0.4, -0.2) is 11.8 Å². The fourth-order valence-corrected chi connectivity index (χ4v) is 2.20. The lowest BCUT2D eigenvalue weighted by Crippen LogP contribution is -2.12. The van der Waals surface area contributed by atoms with E-state index in [0.29, 0.717) is 11.4 Å². The molecule has 0 saturated carbocycles. The summed E-state index contributed by atoms with van der Waals surface area (Å²) in [7, 11) is 0. The summed E-state index contributed by atoms with van der Waals surface area (Å²) >= 11 is 5.70. The topological polar surface area (TPSA) is 29.1 Å². The maximum Gasteiger partial charge on any atom is 0.255 e. The summed E-state index contributed by atoms with van der Waals surface area (Å²) in [4.78, 5) is 12.2. The van der Waals surface area contributed by atoms with E-state index < -0.39 is 0 Å². The van der Waals surface area contributed by atoms with E-state index in [9.17, 15) is 4.79 Å². The van der Waals surface area contributed by atoms with Gasteiger partial charge in [-0.15, -0.1) is 11.6 Å². The molecule has 0 saturated heterocycles. The normalized spacial score (nSPS) is 10.3. The Bertz CT molecular complexity index is 595. The molecule has 104 valence electrons. The quantitative estimate of drug-likeness (QED) is 0.811. The Morgan fingerprint density at radius 2 is 1.95 bits per heavy atom. The Morgan fingerprint density at radius 1 is 1.15 bits per heavy atom. The van der Waals surface area contributed by atoms with E-state index in [1.807, 2.05) is 49.4 Å². The average Bonchev–Trinajstić information content (AvgIpc) is 2.45. The van der Waals surface area contributed by atoms with Gasteiger partial charge in [0.15, 0.2) is 0 Å². The number of halogens is 1. The molecular weight excluding hydrogens is 270 g/mol. The van der Waals surface area contributed by atoms with Crippen LogP contribution in [0.3, 0.4) is 0 Å². The van der Waals surface area contributed by atoms with E-state index in [1.54, 1.807) is 0 Å². The Labute approximate surface area is 124 Å². The van der Waals surface area contributed by atoms with Crippen LogP contribution in [0.4, 0.5) is 5.69 Å². The second-order valence-electron chi connectivity index (χ2n) is 4.82. The van der Waals surface area contributed by atoms with Gasteiger partial charge in [-0.05, 0) is 49.6 Å². The lowest BCUT2D eigenvalue weighted by atomic mass is 10.1. The van der Waals surface area contributed by atoms with Gasteiger partial charge in [0.2, 0.25) is 0 Å². The predicted octanol–water partition coefficient (Wildman–Crippen LogP) is 4.42. The highest BCUT2D eigenvalue weighted by atomic mass is 35.5. The van der Waals surface area contributed by atoms with E-state index in [4.69, 9.17) is 11.6 Å². The molecule has 2 nitrogen and oxygen atoms in total. The third-order valence-electron chi connectivity index (χ3n) is 3.06.